The third-order valence-corrected chi connectivity index (χ3v) is 2.44. The Labute approximate surface area is 118 Å². The number of pyridine rings is 1. The molecule has 1 N–H and O–H groups in total. The van der Waals surface area contributed by atoms with Crippen LogP contribution >= 0.6 is 0 Å². The van der Waals surface area contributed by atoms with E-state index >= 15 is 0 Å². The lowest BCUT2D eigenvalue weighted by molar-refractivity contribution is -0.137. The number of nitrogens with zero attached hydrogens (tertiary/aromatic N) is 1. The summed E-state index contributed by atoms with van der Waals surface area (Å²) in [6.45, 7) is 1.37. The molecule has 0 fully saturated rings. The van der Waals surface area contributed by atoms with Crippen molar-refractivity contribution >= 4 is 11.6 Å². The summed E-state index contributed by atoms with van der Waals surface area (Å²) in [5, 5.41) is 2.57. The van der Waals surface area contributed by atoms with E-state index in [-0.39, 0.29) is 11.8 Å². The van der Waals surface area contributed by atoms with Crippen LogP contribution in [-0.4, -0.2) is 10.9 Å². The lowest BCUT2D eigenvalue weighted by Gasteiger charge is -2.09. The maximum absolute atomic E-state index is 12.4. The molecule has 1 heterocycles. The Morgan fingerprint density at radius 2 is 2.00 bits per heavy atom. The average molecular weight is 296 g/mol. The van der Waals surface area contributed by atoms with Crippen molar-refractivity contribution in [2.45, 2.75) is 13.1 Å². The standard InChI is InChI=1S/C14H11F3N2O2/c1-9(20)19-11-3-2-4-12(7-11)21-13-6-5-10(8-18-13)14(15,16)17/h2-8H,1H3,(H,19,20). The predicted molar refractivity (Wildman–Crippen MR) is 70.1 cm³/mol. The van der Waals surface area contributed by atoms with Crippen molar-refractivity contribution in [3.8, 4) is 11.6 Å². The normalized spacial score (nSPS) is 11.0. The van der Waals surface area contributed by atoms with Crippen LogP contribution in [0.3, 0.4) is 0 Å². The Morgan fingerprint density at radius 3 is 2.57 bits per heavy atom. The molecule has 1 aromatic heterocycles. The van der Waals surface area contributed by atoms with Gasteiger partial charge in [0.05, 0.1) is 5.56 Å². The summed E-state index contributed by atoms with van der Waals surface area (Å²) in [7, 11) is 0. The molecule has 2 rings (SSSR count). The molecule has 110 valence electrons. The minimum absolute atomic E-state index is 0.0305. The van der Waals surface area contributed by atoms with E-state index in [1.807, 2.05) is 0 Å². The van der Waals surface area contributed by atoms with E-state index in [0.717, 1.165) is 12.1 Å². The lowest BCUT2D eigenvalue weighted by Crippen LogP contribution is -2.06. The highest BCUT2D eigenvalue weighted by Crippen LogP contribution is 2.30. The van der Waals surface area contributed by atoms with Crippen molar-refractivity contribution in [2.75, 3.05) is 5.32 Å². The molecule has 4 nitrogen and oxygen atoms in total. The molecular formula is C14H11F3N2O2. The molecule has 2 aromatic rings. The zero-order valence-corrected chi connectivity index (χ0v) is 10.9. The summed E-state index contributed by atoms with van der Waals surface area (Å²) in [6, 6.07) is 8.47. The molecule has 1 aromatic carbocycles. The Hall–Kier alpha value is -2.57. The Kier molecular flexibility index (Phi) is 4.11. The second-order valence-electron chi connectivity index (χ2n) is 4.19. The van der Waals surface area contributed by atoms with Crippen LogP contribution in [-0.2, 0) is 11.0 Å². The summed E-state index contributed by atoms with van der Waals surface area (Å²) in [5.74, 6) is 0.149. The number of benzene rings is 1. The minimum atomic E-state index is -4.43. The lowest BCUT2D eigenvalue weighted by atomic mass is 10.3. The van der Waals surface area contributed by atoms with Crippen molar-refractivity contribution in [3.05, 3.63) is 48.2 Å². The molecule has 1 amide bonds. The van der Waals surface area contributed by atoms with Crippen LogP contribution in [0.4, 0.5) is 18.9 Å². The highest BCUT2D eigenvalue weighted by Gasteiger charge is 2.30. The first-order valence-electron chi connectivity index (χ1n) is 5.93. The van der Waals surface area contributed by atoms with Crippen molar-refractivity contribution in [1.82, 2.24) is 4.98 Å². The van der Waals surface area contributed by atoms with Crippen LogP contribution < -0.4 is 10.1 Å². The average Bonchev–Trinajstić information content (AvgIpc) is 2.38. The summed E-state index contributed by atoms with van der Waals surface area (Å²) in [4.78, 5) is 14.5. The minimum Gasteiger partial charge on any atom is -0.439 e. The van der Waals surface area contributed by atoms with E-state index in [1.54, 1.807) is 24.3 Å². The fourth-order valence-corrected chi connectivity index (χ4v) is 1.57. The third kappa shape index (κ3) is 4.20. The summed E-state index contributed by atoms with van der Waals surface area (Å²) >= 11 is 0. The molecule has 0 saturated carbocycles. The molecule has 0 atom stereocenters. The van der Waals surface area contributed by atoms with E-state index in [4.69, 9.17) is 4.74 Å². The van der Waals surface area contributed by atoms with E-state index in [1.165, 1.54) is 6.92 Å². The maximum atomic E-state index is 12.4. The highest BCUT2D eigenvalue weighted by atomic mass is 19.4. The van der Waals surface area contributed by atoms with Crippen LogP contribution in [0.15, 0.2) is 42.6 Å². The predicted octanol–water partition coefficient (Wildman–Crippen LogP) is 3.85. The smallest absolute Gasteiger partial charge is 0.417 e. The number of anilines is 1. The van der Waals surface area contributed by atoms with Crippen molar-refractivity contribution in [1.29, 1.82) is 0 Å². The quantitative estimate of drug-likeness (QED) is 0.936. The van der Waals surface area contributed by atoms with Gasteiger partial charge in [-0.1, -0.05) is 6.07 Å². The van der Waals surface area contributed by atoms with Crippen LogP contribution in [0, 0.1) is 0 Å². The molecule has 0 aliphatic heterocycles. The van der Waals surface area contributed by atoms with Gasteiger partial charge in [-0.3, -0.25) is 4.79 Å². The van der Waals surface area contributed by atoms with Crippen molar-refractivity contribution < 1.29 is 22.7 Å². The largest absolute Gasteiger partial charge is 0.439 e. The number of hydrogen-bond acceptors (Lipinski definition) is 3. The maximum Gasteiger partial charge on any atom is 0.417 e. The molecule has 7 heteroatoms. The van der Waals surface area contributed by atoms with Gasteiger partial charge in [0.25, 0.3) is 0 Å². The number of rotatable bonds is 3. The van der Waals surface area contributed by atoms with Crippen LogP contribution in [0.5, 0.6) is 11.6 Å². The number of nitrogens with one attached hydrogen (secondary N) is 1. The van der Waals surface area contributed by atoms with E-state index in [9.17, 15) is 18.0 Å². The summed E-state index contributed by atoms with van der Waals surface area (Å²) < 4.78 is 42.5. The fourth-order valence-electron chi connectivity index (χ4n) is 1.57. The number of hydrogen-bond donors (Lipinski definition) is 1. The second-order valence-corrected chi connectivity index (χ2v) is 4.19. The third-order valence-electron chi connectivity index (χ3n) is 2.44. The molecule has 0 bridgehead atoms. The number of carbonyl (C=O) groups is 1. The Morgan fingerprint density at radius 1 is 1.24 bits per heavy atom. The van der Waals surface area contributed by atoms with E-state index in [2.05, 4.69) is 10.3 Å². The first-order valence-corrected chi connectivity index (χ1v) is 5.93. The number of halogens is 3. The fraction of sp³-hybridized carbons (Fsp3) is 0.143. The van der Waals surface area contributed by atoms with Crippen LogP contribution in [0.1, 0.15) is 12.5 Å². The van der Waals surface area contributed by atoms with Crippen LogP contribution in [0.2, 0.25) is 0 Å². The van der Waals surface area contributed by atoms with E-state index < -0.39 is 11.7 Å². The number of ether oxygens (including phenoxy) is 1. The zero-order valence-electron chi connectivity index (χ0n) is 10.9. The van der Waals surface area contributed by atoms with Gasteiger partial charge >= 0.3 is 6.18 Å². The molecule has 0 spiro atoms. The molecule has 0 aliphatic rings. The van der Waals surface area contributed by atoms with Gasteiger partial charge in [0, 0.05) is 30.9 Å². The summed E-state index contributed by atoms with van der Waals surface area (Å²) in [6.07, 6.45) is -3.73. The number of aromatic nitrogens is 1. The van der Waals surface area contributed by atoms with Gasteiger partial charge in [-0.2, -0.15) is 13.2 Å². The first-order chi connectivity index (χ1) is 9.84. The Balaban J connectivity index is 2.13. The Bertz CT molecular complexity index is 639. The molecule has 0 unspecified atom stereocenters. The van der Waals surface area contributed by atoms with Crippen LogP contribution in [0.25, 0.3) is 0 Å². The highest BCUT2D eigenvalue weighted by molar-refractivity contribution is 5.88. The summed E-state index contributed by atoms with van der Waals surface area (Å²) in [5.41, 5.74) is -0.325. The molecule has 0 radical (unpaired) electrons. The molecular weight excluding hydrogens is 285 g/mol. The van der Waals surface area contributed by atoms with Crippen molar-refractivity contribution in [2.24, 2.45) is 0 Å². The van der Waals surface area contributed by atoms with Gasteiger partial charge < -0.3 is 10.1 Å². The molecule has 21 heavy (non-hydrogen) atoms. The van der Waals surface area contributed by atoms with E-state index in [0.29, 0.717) is 17.6 Å². The topological polar surface area (TPSA) is 51.2 Å². The molecule has 0 aliphatic carbocycles. The van der Waals surface area contributed by atoms with Gasteiger partial charge in [0.1, 0.15) is 5.75 Å². The number of amides is 1. The first kappa shape index (κ1) is 14.8. The molecule has 0 saturated heterocycles. The zero-order chi connectivity index (χ0) is 15.5. The van der Waals surface area contributed by atoms with Gasteiger partial charge in [0.15, 0.2) is 0 Å². The SMILES string of the molecule is CC(=O)Nc1cccc(Oc2ccc(C(F)(F)F)cn2)c1. The van der Waals surface area contributed by atoms with Gasteiger partial charge in [0.2, 0.25) is 11.8 Å². The van der Waals surface area contributed by atoms with Crippen molar-refractivity contribution in [3.63, 3.8) is 0 Å². The second kappa shape index (κ2) is 5.82. The van der Waals surface area contributed by atoms with Gasteiger partial charge in [-0.15, -0.1) is 0 Å². The monoisotopic (exact) mass is 296 g/mol. The van der Waals surface area contributed by atoms with Gasteiger partial charge in [-0.25, -0.2) is 4.98 Å². The number of carbonyl (C=O) groups excluding carboxylic acids is 1. The van der Waals surface area contributed by atoms with Gasteiger partial charge in [-0.05, 0) is 18.2 Å². The number of alkyl halides is 3.